The van der Waals surface area contributed by atoms with Gasteiger partial charge in [-0.3, -0.25) is 4.90 Å². The highest BCUT2D eigenvalue weighted by molar-refractivity contribution is 5.95. The summed E-state index contributed by atoms with van der Waals surface area (Å²) in [5.41, 5.74) is -1.64. The van der Waals surface area contributed by atoms with Gasteiger partial charge in [-0.25, -0.2) is 9.59 Å². The molecule has 5 nitrogen and oxygen atoms in total. The van der Waals surface area contributed by atoms with Gasteiger partial charge >= 0.3 is 12.1 Å². The number of rotatable bonds is 1. The Morgan fingerprint density at radius 3 is 2.19 bits per heavy atom. The second kappa shape index (κ2) is 4.62. The van der Waals surface area contributed by atoms with Crippen molar-refractivity contribution in [2.75, 3.05) is 0 Å². The maximum atomic E-state index is 11.8. The Balaban J connectivity index is 2.99. The molecule has 0 saturated heterocycles. The van der Waals surface area contributed by atoms with E-state index in [1.54, 1.807) is 6.07 Å². The van der Waals surface area contributed by atoms with Crippen molar-refractivity contribution in [2.24, 2.45) is 5.41 Å². The number of amides is 1. The van der Waals surface area contributed by atoms with Crippen LogP contribution in [0.3, 0.4) is 0 Å². The summed E-state index contributed by atoms with van der Waals surface area (Å²) in [6, 6.07) is 7.27. The summed E-state index contributed by atoms with van der Waals surface area (Å²) in [5, 5.41) is 20.7. The average Bonchev–Trinajstić information content (AvgIpc) is 2.35. The van der Waals surface area contributed by atoms with Crippen molar-refractivity contribution in [3.05, 3.63) is 34.7 Å². The molecule has 1 aliphatic heterocycles. The van der Waals surface area contributed by atoms with Crippen LogP contribution in [0.1, 0.15) is 27.7 Å². The molecule has 1 amide bonds. The first-order chi connectivity index (χ1) is 9.59. The van der Waals surface area contributed by atoms with Gasteiger partial charge in [0.1, 0.15) is 0 Å². The largest absolute Gasteiger partial charge is 0.479 e. The summed E-state index contributed by atoms with van der Waals surface area (Å²) in [6.45, 7) is 7.04. The van der Waals surface area contributed by atoms with Gasteiger partial charge in [0.25, 0.3) is 0 Å². The van der Waals surface area contributed by atoms with Crippen molar-refractivity contribution in [2.45, 2.75) is 33.2 Å². The molecule has 21 heavy (non-hydrogen) atoms. The van der Waals surface area contributed by atoms with Gasteiger partial charge in [0.05, 0.1) is 0 Å². The minimum Gasteiger partial charge on any atom is -0.479 e. The summed E-state index contributed by atoms with van der Waals surface area (Å²) in [5.74, 6) is -1.19. The number of nitrogens with zero attached hydrogens (tertiary/aromatic N) is 1. The fourth-order valence-electron chi connectivity index (χ4n) is 2.75. The maximum absolute atomic E-state index is 11.8. The molecule has 112 valence electrons. The lowest BCUT2D eigenvalue weighted by Gasteiger charge is -2.42. The summed E-state index contributed by atoms with van der Waals surface area (Å²) in [6.07, 6.45) is 0.226. The summed E-state index contributed by atoms with van der Waals surface area (Å²) in [7, 11) is 0. The fraction of sp³-hybridized carbons (Fsp3) is 0.375. The molecule has 0 spiro atoms. The molecule has 0 aromatic heterocycles. The van der Waals surface area contributed by atoms with E-state index >= 15 is 0 Å². The zero-order valence-electron chi connectivity index (χ0n) is 12.5. The number of hydrogen-bond acceptors (Lipinski definition) is 2. The summed E-state index contributed by atoms with van der Waals surface area (Å²) in [4.78, 5) is 24.5. The van der Waals surface area contributed by atoms with Crippen molar-refractivity contribution in [1.29, 1.82) is 0 Å². The Labute approximate surface area is 122 Å². The van der Waals surface area contributed by atoms with Crippen molar-refractivity contribution in [3.63, 3.8) is 0 Å². The molecule has 0 radical (unpaired) electrons. The fourth-order valence-corrected chi connectivity index (χ4v) is 2.75. The van der Waals surface area contributed by atoms with Crippen LogP contribution in [0.25, 0.3) is 11.8 Å². The van der Waals surface area contributed by atoms with E-state index < -0.39 is 23.0 Å². The van der Waals surface area contributed by atoms with E-state index in [1.165, 1.54) is 13.0 Å². The summed E-state index contributed by atoms with van der Waals surface area (Å²) < 4.78 is 0. The maximum Gasteiger partial charge on any atom is 0.412 e. The van der Waals surface area contributed by atoms with E-state index in [9.17, 15) is 19.8 Å². The lowest BCUT2D eigenvalue weighted by Crippen LogP contribution is -2.60. The van der Waals surface area contributed by atoms with Crippen LogP contribution < -0.4 is 10.4 Å². The first-order valence-electron chi connectivity index (χ1n) is 6.68. The molecular weight excluding hydrogens is 270 g/mol. The van der Waals surface area contributed by atoms with Crippen LogP contribution in [-0.2, 0) is 4.79 Å². The van der Waals surface area contributed by atoms with Crippen LogP contribution >= 0.6 is 0 Å². The predicted molar refractivity (Wildman–Crippen MR) is 78.9 cm³/mol. The molecular formula is C16H19NO4. The van der Waals surface area contributed by atoms with Crippen molar-refractivity contribution < 1.29 is 19.8 Å². The van der Waals surface area contributed by atoms with E-state index in [2.05, 4.69) is 0 Å². The SMILES string of the molecule is CC(C)(C)C1=c2ccccc2=CC(C)(C(=O)O)N1C(=O)O. The first-order valence-corrected chi connectivity index (χ1v) is 6.68. The monoisotopic (exact) mass is 289 g/mol. The average molecular weight is 289 g/mol. The number of hydrogen-bond donors (Lipinski definition) is 2. The lowest BCUT2D eigenvalue weighted by atomic mass is 9.83. The van der Waals surface area contributed by atoms with Gasteiger partial charge < -0.3 is 10.2 Å². The molecule has 1 aliphatic rings. The highest BCUT2D eigenvalue weighted by Gasteiger charge is 2.47. The number of carbonyl (C=O) groups is 2. The lowest BCUT2D eigenvalue weighted by molar-refractivity contribution is -0.144. The number of fused-ring (bicyclic) bond motifs is 1. The quantitative estimate of drug-likeness (QED) is 0.820. The minimum absolute atomic E-state index is 0.498. The second-order valence-electron chi connectivity index (χ2n) is 6.40. The molecule has 1 atom stereocenters. The molecule has 1 unspecified atom stereocenters. The standard InChI is InChI=1S/C16H19NO4/c1-15(2,3)12-11-8-6-5-7-10(11)9-16(4,13(18)19)17(12)14(20)21/h5-9H,1-4H3,(H,18,19)(H,20,21). The van der Waals surface area contributed by atoms with Crippen molar-refractivity contribution >= 4 is 23.8 Å². The van der Waals surface area contributed by atoms with Gasteiger partial charge in [0, 0.05) is 16.3 Å². The third-order valence-corrected chi connectivity index (χ3v) is 3.68. The number of benzene rings is 1. The van der Waals surface area contributed by atoms with Crippen LogP contribution in [0.4, 0.5) is 4.79 Å². The van der Waals surface area contributed by atoms with Gasteiger partial charge in [-0.15, -0.1) is 0 Å². The van der Waals surface area contributed by atoms with Crippen LogP contribution in [0, 0.1) is 5.41 Å². The molecule has 2 rings (SSSR count). The second-order valence-corrected chi connectivity index (χ2v) is 6.40. The highest BCUT2D eigenvalue weighted by atomic mass is 16.4. The third-order valence-electron chi connectivity index (χ3n) is 3.68. The van der Waals surface area contributed by atoms with E-state index in [4.69, 9.17) is 0 Å². The van der Waals surface area contributed by atoms with Crippen molar-refractivity contribution in [3.8, 4) is 0 Å². The number of carboxylic acid groups (broad SMARTS) is 2. The van der Waals surface area contributed by atoms with E-state index in [0.29, 0.717) is 5.70 Å². The highest BCUT2D eigenvalue weighted by Crippen LogP contribution is 2.36. The van der Waals surface area contributed by atoms with E-state index in [1.807, 2.05) is 39.0 Å². The normalized spacial score (nSPS) is 21.5. The number of aliphatic carboxylic acids is 1. The molecule has 5 heteroatoms. The Bertz CT molecular complexity index is 729. The van der Waals surface area contributed by atoms with Gasteiger partial charge in [0.15, 0.2) is 5.54 Å². The van der Waals surface area contributed by atoms with Crippen LogP contribution in [0.5, 0.6) is 0 Å². The van der Waals surface area contributed by atoms with E-state index in [-0.39, 0.29) is 0 Å². The molecule has 0 saturated carbocycles. The Morgan fingerprint density at radius 2 is 1.71 bits per heavy atom. The van der Waals surface area contributed by atoms with Gasteiger partial charge in [-0.05, 0) is 18.2 Å². The Kier molecular flexibility index (Phi) is 3.32. The Hall–Kier alpha value is -2.30. The smallest absolute Gasteiger partial charge is 0.412 e. The van der Waals surface area contributed by atoms with Crippen LogP contribution in [-0.4, -0.2) is 32.7 Å². The molecule has 0 fully saturated rings. The molecule has 2 N–H and O–H groups in total. The van der Waals surface area contributed by atoms with Crippen LogP contribution in [0.2, 0.25) is 0 Å². The zero-order valence-corrected chi connectivity index (χ0v) is 12.5. The third kappa shape index (κ3) is 2.28. The van der Waals surface area contributed by atoms with Crippen LogP contribution in [0.15, 0.2) is 24.3 Å². The zero-order chi connectivity index (χ0) is 16.0. The first kappa shape index (κ1) is 15.1. The number of carboxylic acids is 1. The summed E-state index contributed by atoms with van der Waals surface area (Å²) >= 11 is 0. The molecule has 0 aliphatic carbocycles. The van der Waals surface area contributed by atoms with E-state index in [0.717, 1.165) is 15.3 Å². The Morgan fingerprint density at radius 1 is 1.14 bits per heavy atom. The van der Waals surface area contributed by atoms with Gasteiger partial charge in [0.2, 0.25) is 0 Å². The van der Waals surface area contributed by atoms with Gasteiger partial charge in [-0.2, -0.15) is 0 Å². The molecule has 1 aromatic rings. The minimum atomic E-state index is -1.62. The van der Waals surface area contributed by atoms with Crippen molar-refractivity contribution in [1.82, 2.24) is 4.90 Å². The molecule has 1 aromatic carbocycles. The molecule has 0 bridgehead atoms. The topological polar surface area (TPSA) is 77.8 Å². The van der Waals surface area contributed by atoms with Gasteiger partial charge in [-0.1, -0.05) is 45.0 Å². The predicted octanol–water partition coefficient (Wildman–Crippen LogP) is 1.46. The molecule has 1 heterocycles.